The van der Waals surface area contributed by atoms with Crippen LogP contribution in [0.3, 0.4) is 0 Å². The Morgan fingerprint density at radius 2 is 0.463 bits per heavy atom. The van der Waals surface area contributed by atoms with E-state index in [1.807, 2.05) is 353 Å². The van der Waals surface area contributed by atoms with Gasteiger partial charge >= 0.3 is 0 Å². The first-order chi connectivity index (χ1) is 64.0. The van der Waals surface area contributed by atoms with Crippen LogP contribution in [0, 0.1) is 61.4 Å². The van der Waals surface area contributed by atoms with Gasteiger partial charge in [0.1, 0.15) is 0 Å². The first-order valence-electron chi connectivity index (χ1n) is 43.6. The van der Waals surface area contributed by atoms with Gasteiger partial charge in [0.25, 0.3) is 0 Å². The van der Waals surface area contributed by atoms with E-state index in [0.29, 0.717) is 11.8 Å². The molecule has 0 saturated carbocycles. The molecule has 20 aromatic rings. The monoisotopic (exact) mass is 2450 g/mol. The van der Waals surface area contributed by atoms with E-state index in [4.69, 9.17) is 0 Å². The zero-order valence-corrected chi connectivity index (χ0v) is 84.9. The Morgan fingerprint density at radius 1 is 0.216 bits per heavy atom. The van der Waals surface area contributed by atoms with Gasteiger partial charge < -0.3 is 39.9 Å². The van der Waals surface area contributed by atoms with Gasteiger partial charge in [-0.05, 0) is 170 Å². The molecule has 0 aliphatic carbocycles. The van der Waals surface area contributed by atoms with Crippen LogP contribution in [0.1, 0.15) is 62.8 Å². The number of aryl methyl sites for hydroxylation is 2. The molecule has 0 saturated heterocycles. The average molecular weight is 2450 g/mol. The van der Waals surface area contributed by atoms with Gasteiger partial charge in [-0.2, -0.15) is 0 Å². The molecule has 0 spiro atoms. The molecule has 0 aliphatic rings. The summed E-state index contributed by atoms with van der Waals surface area (Å²) in [7, 11) is 0. The number of nitrogens with zero attached hydrogens (tertiary/aromatic N) is 8. The minimum atomic E-state index is 0. The van der Waals surface area contributed by atoms with Crippen LogP contribution >= 0.6 is 0 Å². The normalized spacial score (nSPS) is 9.97. The fourth-order valence-corrected chi connectivity index (χ4v) is 13.7. The summed E-state index contributed by atoms with van der Waals surface area (Å²) < 4.78 is 0. The zero-order valence-electron chi connectivity index (χ0n) is 75.4. The van der Waals surface area contributed by atoms with Crippen LogP contribution in [0.2, 0.25) is 0 Å². The van der Waals surface area contributed by atoms with Crippen molar-refractivity contribution >= 4 is 0 Å². The molecule has 12 heteroatoms. The molecule has 20 rings (SSSR count). The Bertz CT molecular complexity index is 5960. The maximum Gasteiger partial charge on any atom is 0.0166 e. The number of hydrogen-bond acceptors (Lipinski definition) is 8. The maximum absolute atomic E-state index is 4.40. The van der Waals surface area contributed by atoms with Crippen LogP contribution in [0.5, 0.6) is 0 Å². The predicted octanol–water partition coefficient (Wildman–Crippen LogP) is 30.2. The molecule has 0 fully saturated rings. The van der Waals surface area contributed by atoms with E-state index in [1.165, 1.54) is 66.8 Å². The Kier molecular flexibility index (Phi) is 44.8. The summed E-state index contributed by atoms with van der Waals surface area (Å²) in [4.78, 5) is 35.0. The number of benzene rings is 12. The third-order valence-electron chi connectivity index (χ3n) is 20.5. The topological polar surface area (TPSA) is 103 Å². The molecule has 8 nitrogen and oxygen atoms in total. The summed E-state index contributed by atoms with van der Waals surface area (Å²) >= 11 is 0. The Morgan fingerprint density at radius 3 is 0.724 bits per heavy atom. The second-order valence-corrected chi connectivity index (χ2v) is 30.7. The quantitative estimate of drug-likeness (QED) is 0.0882. The molecule has 0 bridgehead atoms. The van der Waals surface area contributed by atoms with E-state index in [1.54, 1.807) is 0 Å². The molecule has 0 aliphatic heterocycles. The zero-order chi connectivity index (χ0) is 89.8. The van der Waals surface area contributed by atoms with Crippen molar-refractivity contribution in [1.29, 1.82) is 0 Å². The van der Waals surface area contributed by atoms with Crippen LogP contribution < -0.4 is 0 Å². The fourth-order valence-electron chi connectivity index (χ4n) is 13.7. The average Bonchev–Trinajstić information content (AvgIpc) is 0.869. The van der Waals surface area contributed by atoms with Gasteiger partial charge in [0, 0.05) is 130 Å². The number of rotatable bonds is 16. The predicted molar refractivity (Wildman–Crippen MR) is 537 cm³/mol. The van der Waals surface area contributed by atoms with Crippen molar-refractivity contribution in [3.8, 4) is 135 Å². The Hall–Kier alpha value is -13.6. The minimum absolute atomic E-state index is 0. The van der Waals surface area contributed by atoms with Crippen molar-refractivity contribution < 1.29 is 80.4 Å². The molecular formula is C122H100Ir4N8-8. The van der Waals surface area contributed by atoms with Crippen molar-refractivity contribution in [2.45, 2.75) is 60.3 Å². The van der Waals surface area contributed by atoms with Crippen molar-refractivity contribution in [1.82, 2.24) is 39.9 Å². The van der Waals surface area contributed by atoms with E-state index in [2.05, 4.69) is 239 Å². The SMILES string of the molecule is CC(C)Cc1ccnc(-c2[c-]cccc2)c1.CC(C)c1ccnc(-c2[c-]cccc2)c1.CCc1ccnc(-c2[c-]cccc2)c1.Cc1cccnc1-c1[c-]cccc1.[Ir].[Ir].[Ir].[Ir].[c-]1ccccc1-c1cc(-c2ccccc2)ccn1.[c-]1ccccc1-c1cc(-c2ccccc2)ccn1.[c-]1ccccc1-c1cc(-c2ccccc2)ccn1.[c-]1ccccc1-c1cc(-c2ccccc2)ccn1. The molecule has 0 amide bonds. The fraction of sp³-hybridized carbons (Fsp3) is 0.0820. The van der Waals surface area contributed by atoms with Gasteiger partial charge in [0.2, 0.25) is 0 Å². The standard InChI is InChI=1S/4C17H12N.C15H16N.C14H14N.C13H12N.C12H10N.4Ir/c4*1-3-7-14(8-4-1)16-11-12-18-17(13-16)15-9-5-2-6-10-15;1-12(2)10-13-8-9-16-15(11-13)14-6-4-3-5-7-14;1-11(2)13-8-9-15-14(10-13)12-6-4-3-5-7-12;1-2-11-8-9-14-13(10-11)12-6-4-3-5-7-12;1-10-6-5-9-13-12(10)11-7-3-2-4-8-11;;;;/h4*1-9,11-13H;3-6,8-9,11-12H,10H2,1-2H3;3-6,8-11H,1-2H3;3-6,8-10H,2H2,1H3;2-7,9H,1H3;;;;/q8*-1;;;;. The van der Waals surface area contributed by atoms with E-state index < -0.39 is 0 Å². The van der Waals surface area contributed by atoms with E-state index in [0.717, 1.165) is 103 Å². The smallest absolute Gasteiger partial charge is 0.0166 e. The minimum Gasteiger partial charge on any atom is -0.305 e. The largest absolute Gasteiger partial charge is 0.305 e. The number of hydrogen-bond donors (Lipinski definition) is 0. The van der Waals surface area contributed by atoms with Crippen LogP contribution in [-0.2, 0) is 93.3 Å². The van der Waals surface area contributed by atoms with E-state index >= 15 is 0 Å². The van der Waals surface area contributed by atoms with Gasteiger partial charge in [-0.15, -0.1) is 287 Å². The molecule has 672 valence electrons. The second kappa shape index (κ2) is 57.7. The summed E-state index contributed by atoms with van der Waals surface area (Å²) in [5.41, 5.74) is 30.9. The van der Waals surface area contributed by atoms with E-state index in [-0.39, 0.29) is 80.4 Å². The number of pyridine rings is 8. The Labute approximate surface area is 846 Å². The van der Waals surface area contributed by atoms with Gasteiger partial charge in [-0.3, -0.25) is 0 Å². The molecule has 0 N–H and O–H groups in total. The van der Waals surface area contributed by atoms with Crippen molar-refractivity contribution in [3.63, 3.8) is 0 Å². The molecular weight excluding hydrogens is 2350 g/mol. The summed E-state index contributed by atoms with van der Waals surface area (Å²) in [6.45, 7) is 13.0. The van der Waals surface area contributed by atoms with Gasteiger partial charge in [-0.25, -0.2) is 0 Å². The van der Waals surface area contributed by atoms with Crippen LogP contribution in [-0.4, -0.2) is 39.9 Å². The molecule has 4 radical (unpaired) electrons. The van der Waals surface area contributed by atoms with Gasteiger partial charge in [-0.1, -0.05) is 227 Å². The van der Waals surface area contributed by atoms with Crippen LogP contribution in [0.4, 0.5) is 0 Å². The molecule has 12 aromatic carbocycles. The molecule has 0 atom stereocenters. The molecule has 8 heterocycles. The van der Waals surface area contributed by atoms with E-state index in [9.17, 15) is 0 Å². The first-order valence-corrected chi connectivity index (χ1v) is 43.6. The van der Waals surface area contributed by atoms with Crippen molar-refractivity contribution in [3.05, 3.63) is 533 Å². The van der Waals surface area contributed by atoms with Crippen LogP contribution in [0.25, 0.3) is 135 Å². The Balaban J connectivity index is 0.000000172. The first kappa shape index (κ1) is 104. The molecule has 134 heavy (non-hydrogen) atoms. The molecule has 8 aromatic heterocycles. The summed E-state index contributed by atoms with van der Waals surface area (Å²) in [6.07, 6.45) is 16.9. The summed E-state index contributed by atoms with van der Waals surface area (Å²) in [6, 6.07) is 163. The third kappa shape index (κ3) is 33.3. The molecule has 0 unspecified atom stereocenters. The summed E-state index contributed by atoms with van der Waals surface area (Å²) in [5, 5.41) is 0. The van der Waals surface area contributed by atoms with Gasteiger partial charge in [0.05, 0.1) is 0 Å². The summed E-state index contributed by atoms with van der Waals surface area (Å²) in [5.74, 6) is 1.21. The van der Waals surface area contributed by atoms with Crippen LogP contribution in [0.15, 0.2) is 462 Å². The van der Waals surface area contributed by atoms with Crippen molar-refractivity contribution in [2.24, 2.45) is 5.92 Å². The second-order valence-electron chi connectivity index (χ2n) is 30.7. The van der Waals surface area contributed by atoms with Gasteiger partial charge in [0.15, 0.2) is 0 Å². The third-order valence-corrected chi connectivity index (χ3v) is 20.5. The van der Waals surface area contributed by atoms with Crippen molar-refractivity contribution in [2.75, 3.05) is 0 Å². The number of aromatic nitrogens is 8. The maximum atomic E-state index is 4.40.